The lowest BCUT2D eigenvalue weighted by Gasteiger charge is -2.35. The highest BCUT2D eigenvalue weighted by atomic mass is 35.5. The van der Waals surface area contributed by atoms with Crippen molar-refractivity contribution in [3.63, 3.8) is 0 Å². The quantitative estimate of drug-likeness (QED) is 0.605. The minimum atomic E-state index is 0.146. The van der Waals surface area contributed by atoms with Crippen molar-refractivity contribution in [3.05, 3.63) is 69.2 Å². The Balaban J connectivity index is 0.00000100. The van der Waals surface area contributed by atoms with Gasteiger partial charge in [-0.1, -0.05) is 67.4 Å². The van der Waals surface area contributed by atoms with E-state index in [4.69, 9.17) is 23.2 Å². The van der Waals surface area contributed by atoms with Crippen LogP contribution in [0.1, 0.15) is 55.3 Å². The minimum Gasteiger partial charge on any atom is -0.341 e. The van der Waals surface area contributed by atoms with Crippen molar-refractivity contribution in [2.75, 3.05) is 7.05 Å². The van der Waals surface area contributed by atoms with Crippen molar-refractivity contribution in [2.45, 2.75) is 38.6 Å². The Kier molecular flexibility index (Phi) is 6.70. The van der Waals surface area contributed by atoms with E-state index in [1.54, 1.807) is 4.90 Å². The molecule has 2 nitrogen and oxygen atoms in total. The molecule has 24 heavy (non-hydrogen) atoms. The largest absolute Gasteiger partial charge is 0.341 e. The molecular weight excluding hydrogens is 341 g/mol. The maximum atomic E-state index is 11.1. The van der Waals surface area contributed by atoms with Gasteiger partial charge in [-0.15, -0.1) is 0 Å². The maximum absolute atomic E-state index is 11.1. The van der Waals surface area contributed by atoms with Crippen LogP contribution in [0.25, 0.3) is 0 Å². The van der Waals surface area contributed by atoms with E-state index in [0.717, 1.165) is 19.3 Å². The topological polar surface area (TPSA) is 20.3 Å². The molecule has 0 fully saturated rings. The lowest BCUT2D eigenvalue weighted by atomic mass is 9.76. The lowest BCUT2D eigenvalue weighted by Crippen LogP contribution is -2.28. The second-order valence-electron chi connectivity index (χ2n) is 5.72. The van der Waals surface area contributed by atoms with Crippen LogP contribution in [-0.4, -0.2) is 18.4 Å². The number of hydrogen-bond acceptors (Lipinski definition) is 1. The zero-order valence-corrected chi connectivity index (χ0v) is 15.8. The Morgan fingerprint density at radius 1 is 1.00 bits per heavy atom. The Hall–Kier alpha value is -1.51. The van der Waals surface area contributed by atoms with Crippen molar-refractivity contribution in [1.29, 1.82) is 0 Å². The van der Waals surface area contributed by atoms with Gasteiger partial charge >= 0.3 is 0 Å². The van der Waals surface area contributed by atoms with E-state index in [2.05, 4.69) is 12.1 Å². The highest BCUT2D eigenvalue weighted by Crippen LogP contribution is 2.43. The van der Waals surface area contributed by atoms with Crippen LogP contribution in [-0.2, 0) is 4.79 Å². The summed E-state index contributed by atoms with van der Waals surface area (Å²) in [6.07, 6.45) is 2.83. The smallest absolute Gasteiger partial charge is 0.209 e. The minimum absolute atomic E-state index is 0.146. The van der Waals surface area contributed by atoms with Gasteiger partial charge in [0.15, 0.2) is 0 Å². The van der Waals surface area contributed by atoms with Crippen molar-refractivity contribution >= 4 is 29.6 Å². The van der Waals surface area contributed by atoms with Crippen LogP contribution in [0.15, 0.2) is 42.5 Å². The van der Waals surface area contributed by atoms with Gasteiger partial charge in [0.1, 0.15) is 0 Å². The van der Waals surface area contributed by atoms with Crippen LogP contribution >= 0.6 is 23.2 Å². The molecule has 0 saturated heterocycles. The maximum Gasteiger partial charge on any atom is 0.209 e. The molecule has 2 atom stereocenters. The number of amides is 1. The summed E-state index contributed by atoms with van der Waals surface area (Å²) in [5.41, 5.74) is 3.67. The molecule has 1 aliphatic carbocycles. The molecule has 2 aromatic carbocycles. The van der Waals surface area contributed by atoms with E-state index in [9.17, 15) is 4.79 Å². The fourth-order valence-corrected chi connectivity index (χ4v) is 3.65. The average molecular weight is 364 g/mol. The monoisotopic (exact) mass is 363 g/mol. The number of hydrogen-bond donors (Lipinski definition) is 0. The summed E-state index contributed by atoms with van der Waals surface area (Å²) < 4.78 is 0. The zero-order valence-electron chi connectivity index (χ0n) is 14.3. The number of nitrogens with zero attached hydrogens (tertiary/aromatic N) is 1. The first-order valence-corrected chi connectivity index (χ1v) is 9.08. The molecule has 0 aliphatic heterocycles. The van der Waals surface area contributed by atoms with E-state index in [1.165, 1.54) is 16.7 Å². The van der Waals surface area contributed by atoms with Crippen LogP contribution in [0.2, 0.25) is 10.0 Å². The molecule has 0 aromatic heterocycles. The number of benzene rings is 2. The molecule has 0 bridgehead atoms. The number of carbonyl (C=O) groups excluding carboxylic acids is 1. The van der Waals surface area contributed by atoms with Gasteiger partial charge in [-0.2, -0.15) is 0 Å². The van der Waals surface area contributed by atoms with Gasteiger partial charge in [-0.05, 0) is 41.7 Å². The molecule has 1 amide bonds. The van der Waals surface area contributed by atoms with Gasteiger partial charge in [0.25, 0.3) is 0 Å². The summed E-state index contributed by atoms with van der Waals surface area (Å²) in [6.45, 7) is 4.00. The summed E-state index contributed by atoms with van der Waals surface area (Å²) in [5.74, 6) is 0.294. The first kappa shape index (κ1) is 18.8. The van der Waals surface area contributed by atoms with Crippen LogP contribution in [0, 0.1) is 0 Å². The van der Waals surface area contributed by atoms with Crippen molar-refractivity contribution in [2.24, 2.45) is 0 Å². The number of rotatable bonds is 3. The molecule has 128 valence electrons. The number of halogens is 2. The van der Waals surface area contributed by atoms with Gasteiger partial charge in [0, 0.05) is 13.0 Å². The van der Waals surface area contributed by atoms with Crippen LogP contribution in [0.4, 0.5) is 0 Å². The third-order valence-corrected chi connectivity index (χ3v) is 5.20. The van der Waals surface area contributed by atoms with E-state index < -0.39 is 0 Å². The van der Waals surface area contributed by atoms with E-state index in [0.29, 0.717) is 16.0 Å². The fraction of sp³-hybridized carbons (Fsp3) is 0.350. The summed E-state index contributed by atoms with van der Waals surface area (Å²) >= 11 is 12.2. The summed E-state index contributed by atoms with van der Waals surface area (Å²) in [4.78, 5) is 12.9. The Morgan fingerprint density at radius 2 is 1.67 bits per heavy atom. The van der Waals surface area contributed by atoms with Crippen LogP contribution in [0.5, 0.6) is 0 Å². The highest BCUT2D eigenvalue weighted by Gasteiger charge is 2.29. The molecule has 2 aromatic rings. The molecule has 0 spiro atoms. The average Bonchev–Trinajstić information content (AvgIpc) is 2.64. The summed E-state index contributed by atoms with van der Waals surface area (Å²) in [5, 5.41) is 1.16. The predicted molar refractivity (Wildman–Crippen MR) is 102 cm³/mol. The van der Waals surface area contributed by atoms with Gasteiger partial charge in [-0.3, -0.25) is 4.79 Å². The first-order valence-electron chi connectivity index (χ1n) is 8.33. The second kappa shape index (κ2) is 8.55. The zero-order chi connectivity index (χ0) is 17.7. The second-order valence-corrected chi connectivity index (χ2v) is 6.53. The Bertz CT molecular complexity index is 702. The Labute approximate surface area is 154 Å². The van der Waals surface area contributed by atoms with Crippen LogP contribution in [0.3, 0.4) is 0 Å². The molecule has 0 saturated carbocycles. The van der Waals surface area contributed by atoms with Gasteiger partial charge in [0.05, 0.1) is 16.1 Å². The molecule has 0 radical (unpaired) electrons. The molecule has 4 heteroatoms. The molecule has 1 aliphatic rings. The van der Waals surface area contributed by atoms with E-state index >= 15 is 0 Å². The van der Waals surface area contributed by atoms with Crippen molar-refractivity contribution in [1.82, 2.24) is 4.90 Å². The van der Waals surface area contributed by atoms with Crippen LogP contribution < -0.4 is 0 Å². The van der Waals surface area contributed by atoms with Gasteiger partial charge in [0.2, 0.25) is 6.41 Å². The highest BCUT2D eigenvalue weighted by molar-refractivity contribution is 6.42. The normalized spacial score (nSPS) is 18.9. The molecule has 0 heterocycles. The third-order valence-electron chi connectivity index (χ3n) is 4.46. The number of carbonyl (C=O) groups is 1. The van der Waals surface area contributed by atoms with Crippen molar-refractivity contribution < 1.29 is 4.79 Å². The van der Waals surface area contributed by atoms with Gasteiger partial charge in [-0.25, -0.2) is 0 Å². The molecular formula is C20H23Cl2NO. The Morgan fingerprint density at radius 3 is 2.29 bits per heavy atom. The lowest BCUT2D eigenvalue weighted by molar-refractivity contribution is -0.119. The summed E-state index contributed by atoms with van der Waals surface area (Å²) in [7, 11) is 1.84. The van der Waals surface area contributed by atoms with Crippen molar-refractivity contribution in [3.8, 4) is 0 Å². The molecule has 3 rings (SSSR count). The third kappa shape index (κ3) is 3.76. The molecule has 2 unspecified atom stereocenters. The van der Waals surface area contributed by atoms with Gasteiger partial charge < -0.3 is 4.90 Å². The fourth-order valence-electron chi connectivity index (χ4n) is 3.34. The predicted octanol–water partition coefficient (Wildman–Crippen LogP) is 6.07. The summed E-state index contributed by atoms with van der Waals surface area (Å²) in [6, 6.07) is 14.3. The SMILES string of the molecule is CC.CN(C=O)C1CCC(c2ccc(Cl)c(Cl)c2)c2ccccc21. The van der Waals surface area contributed by atoms with E-state index in [-0.39, 0.29) is 6.04 Å². The first-order chi connectivity index (χ1) is 11.6. The van der Waals surface area contributed by atoms with E-state index in [1.807, 2.05) is 51.2 Å². The molecule has 0 N–H and O–H groups in total. The number of fused-ring (bicyclic) bond motifs is 1. The standard InChI is InChI=1S/C18H17Cl2NO.C2H6/c1-21(11-22)18-9-7-13(14-4-2-3-5-15(14)18)12-6-8-16(19)17(20)10-12;1-2/h2-6,8,10-11,13,18H,7,9H2,1H3;1-2H3.